The summed E-state index contributed by atoms with van der Waals surface area (Å²) in [6.45, 7) is 3.93. The summed E-state index contributed by atoms with van der Waals surface area (Å²) in [5, 5.41) is 11.0. The van der Waals surface area contributed by atoms with Crippen molar-refractivity contribution in [2.24, 2.45) is 7.05 Å². The second kappa shape index (κ2) is 5.30. The fraction of sp³-hybridized carbons (Fsp3) is 0.211. The van der Waals surface area contributed by atoms with Crippen molar-refractivity contribution in [2.45, 2.75) is 20.0 Å². The molecular formula is C19H20NO+. The number of aliphatic hydroxyl groups is 1. The molecule has 0 fully saturated rings. The summed E-state index contributed by atoms with van der Waals surface area (Å²) < 4.78 is 2.20. The van der Waals surface area contributed by atoms with E-state index in [0.29, 0.717) is 0 Å². The Kier molecular flexibility index (Phi) is 3.48. The van der Waals surface area contributed by atoms with Crippen LogP contribution in [0.2, 0.25) is 0 Å². The van der Waals surface area contributed by atoms with Crippen LogP contribution in [-0.4, -0.2) is 5.11 Å². The van der Waals surface area contributed by atoms with Gasteiger partial charge >= 0.3 is 0 Å². The minimum Gasteiger partial charge on any atom is -0.389 e. The van der Waals surface area contributed by atoms with Crippen molar-refractivity contribution in [1.82, 2.24) is 0 Å². The Balaban J connectivity index is 2.26. The Morgan fingerprint density at radius 1 is 1.00 bits per heavy atom. The second-order valence-electron chi connectivity index (χ2n) is 5.59. The van der Waals surface area contributed by atoms with Gasteiger partial charge < -0.3 is 5.11 Å². The third-order valence-electron chi connectivity index (χ3n) is 4.10. The molecule has 0 spiro atoms. The molecule has 0 radical (unpaired) electrons. The molecule has 0 bridgehead atoms. The van der Waals surface area contributed by atoms with Crippen molar-refractivity contribution in [3.05, 3.63) is 65.7 Å². The summed E-state index contributed by atoms with van der Waals surface area (Å²) >= 11 is 0. The van der Waals surface area contributed by atoms with Gasteiger partial charge in [0.1, 0.15) is 7.05 Å². The molecule has 1 unspecified atom stereocenters. The molecule has 2 aromatic carbocycles. The maximum Gasteiger partial charge on any atom is 0.213 e. The molecule has 1 atom stereocenters. The summed E-state index contributed by atoms with van der Waals surface area (Å²) in [6.07, 6.45) is -0.448. The van der Waals surface area contributed by atoms with Crippen molar-refractivity contribution in [3.8, 4) is 11.3 Å². The number of rotatable bonds is 2. The Labute approximate surface area is 125 Å². The fourth-order valence-electron chi connectivity index (χ4n) is 2.79. The predicted molar refractivity (Wildman–Crippen MR) is 85.9 cm³/mol. The van der Waals surface area contributed by atoms with E-state index in [1.165, 1.54) is 22.2 Å². The van der Waals surface area contributed by atoms with E-state index in [4.69, 9.17) is 0 Å². The van der Waals surface area contributed by atoms with Gasteiger partial charge in [0.05, 0.1) is 6.10 Å². The lowest BCUT2D eigenvalue weighted by Gasteiger charge is -2.08. The third kappa shape index (κ3) is 2.43. The maximum atomic E-state index is 9.80. The van der Waals surface area contributed by atoms with Crippen LogP contribution in [0.15, 0.2) is 54.6 Å². The summed E-state index contributed by atoms with van der Waals surface area (Å²) in [7, 11) is 2.08. The predicted octanol–water partition coefficient (Wildman–Crippen LogP) is 3.69. The molecule has 0 aliphatic carbocycles. The molecule has 2 heteroatoms. The van der Waals surface area contributed by atoms with E-state index in [2.05, 4.69) is 67.1 Å². The van der Waals surface area contributed by atoms with E-state index in [9.17, 15) is 5.11 Å². The van der Waals surface area contributed by atoms with Crippen LogP contribution < -0.4 is 4.57 Å². The molecule has 2 nitrogen and oxygen atoms in total. The zero-order chi connectivity index (χ0) is 15.0. The van der Waals surface area contributed by atoms with Gasteiger partial charge in [0.25, 0.3) is 0 Å². The Morgan fingerprint density at radius 2 is 1.71 bits per heavy atom. The Bertz CT molecular complexity index is 806. The van der Waals surface area contributed by atoms with Gasteiger partial charge in [-0.05, 0) is 43.2 Å². The molecule has 1 N–H and O–H groups in total. The number of aliphatic hydroxyl groups excluding tert-OH is 1. The fourth-order valence-corrected chi connectivity index (χ4v) is 2.79. The van der Waals surface area contributed by atoms with Gasteiger partial charge in [-0.1, -0.05) is 24.3 Å². The van der Waals surface area contributed by atoms with Crippen molar-refractivity contribution in [1.29, 1.82) is 0 Å². The second-order valence-corrected chi connectivity index (χ2v) is 5.59. The van der Waals surface area contributed by atoms with Crippen molar-refractivity contribution < 1.29 is 9.67 Å². The van der Waals surface area contributed by atoms with Gasteiger partial charge in [0.2, 0.25) is 11.2 Å². The van der Waals surface area contributed by atoms with Gasteiger partial charge in [-0.3, -0.25) is 0 Å². The average molecular weight is 278 g/mol. The summed E-state index contributed by atoms with van der Waals surface area (Å²) in [6, 6.07) is 18.8. The largest absolute Gasteiger partial charge is 0.389 e. The first-order valence-electron chi connectivity index (χ1n) is 7.24. The summed E-state index contributed by atoms with van der Waals surface area (Å²) in [4.78, 5) is 0. The molecule has 0 aliphatic rings. The van der Waals surface area contributed by atoms with Crippen molar-refractivity contribution in [3.63, 3.8) is 0 Å². The molecule has 0 aliphatic heterocycles. The van der Waals surface area contributed by atoms with Crippen molar-refractivity contribution in [2.75, 3.05) is 0 Å². The van der Waals surface area contributed by atoms with E-state index in [1.807, 2.05) is 6.07 Å². The van der Waals surface area contributed by atoms with Gasteiger partial charge in [0.15, 0.2) is 0 Å². The zero-order valence-electron chi connectivity index (χ0n) is 12.7. The highest BCUT2D eigenvalue weighted by atomic mass is 16.3. The first-order valence-corrected chi connectivity index (χ1v) is 7.24. The summed E-state index contributed by atoms with van der Waals surface area (Å²) in [5.74, 6) is 0. The topological polar surface area (TPSA) is 24.1 Å². The third-order valence-corrected chi connectivity index (χ3v) is 4.10. The van der Waals surface area contributed by atoms with E-state index in [-0.39, 0.29) is 0 Å². The van der Waals surface area contributed by atoms with Crippen LogP contribution in [0.1, 0.15) is 24.2 Å². The van der Waals surface area contributed by atoms with E-state index >= 15 is 0 Å². The summed E-state index contributed by atoms with van der Waals surface area (Å²) in [5.41, 5.74) is 5.76. The van der Waals surface area contributed by atoms with Crippen LogP contribution in [0.25, 0.3) is 22.2 Å². The number of aryl methyl sites for hydroxylation is 2. The average Bonchev–Trinajstić information content (AvgIpc) is 2.48. The van der Waals surface area contributed by atoms with E-state index < -0.39 is 6.10 Å². The minimum absolute atomic E-state index is 0.448. The number of benzene rings is 2. The lowest BCUT2D eigenvalue weighted by Crippen LogP contribution is -2.32. The minimum atomic E-state index is -0.448. The smallest absolute Gasteiger partial charge is 0.213 e. The monoisotopic (exact) mass is 278 g/mol. The molecular weight excluding hydrogens is 258 g/mol. The number of pyridine rings is 1. The number of fused-ring (bicyclic) bond motifs is 1. The van der Waals surface area contributed by atoms with Gasteiger partial charge in [-0.2, -0.15) is 4.57 Å². The van der Waals surface area contributed by atoms with Crippen LogP contribution >= 0.6 is 0 Å². The normalized spacial score (nSPS) is 12.6. The molecule has 0 amide bonds. The highest BCUT2D eigenvalue weighted by Crippen LogP contribution is 2.24. The molecule has 1 heterocycles. The first kappa shape index (κ1) is 13.8. The molecule has 3 aromatic rings. The van der Waals surface area contributed by atoms with Crippen LogP contribution in [0.3, 0.4) is 0 Å². The van der Waals surface area contributed by atoms with Crippen LogP contribution in [0.5, 0.6) is 0 Å². The molecule has 3 rings (SSSR count). The quantitative estimate of drug-likeness (QED) is 0.710. The molecule has 0 saturated heterocycles. The lowest BCUT2D eigenvalue weighted by molar-refractivity contribution is -0.633. The number of hydrogen-bond donors (Lipinski definition) is 1. The van der Waals surface area contributed by atoms with Crippen molar-refractivity contribution >= 4 is 10.9 Å². The van der Waals surface area contributed by atoms with Gasteiger partial charge in [-0.15, -0.1) is 0 Å². The van der Waals surface area contributed by atoms with Crippen LogP contribution in [0, 0.1) is 6.92 Å². The molecule has 21 heavy (non-hydrogen) atoms. The van der Waals surface area contributed by atoms with E-state index in [1.54, 1.807) is 6.92 Å². The highest BCUT2D eigenvalue weighted by molar-refractivity contribution is 5.78. The number of hydrogen-bond acceptors (Lipinski definition) is 1. The van der Waals surface area contributed by atoms with Gasteiger partial charge in [0, 0.05) is 23.1 Å². The Morgan fingerprint density at radius 3 is 2.43 bits per heavy atom. The Hall–Kier alpha value is -2.19. The molecule has 106 valence electrons. The molecule has 0 saturated carbocycles. The number of nitrogens with zero attached hydrogens (tertiary/aromatic N) is 1. The van der Waals surface area contributed by atoms with Gasteiger partial charge in [-0.25, -0.2) is 0 Å². The maximum absolute atomic E-state index is 9.80. The van der Waals surface area contributed by atoms with Crippen LogP contribution in [0.4, 0.5) is 0 Å². The number of aromatic nitrogens is 1. The van der Waals surface area contributed by atoms with Crippen LogP contribution in [-0.2, 0) is 7.05 Å². The zero-order valence-corrected chi connectivity index (χ0v) is 12.7. The molecule has 1 aromatic heterocycles. The van der Waals surface area contributed by atoms with E-state index in [0.717, 1.165) is 11.1 Å². The standard InChI is InChI=1S/C19H20NO/c1-13-6-4-5-7-17(13)18-11-10-15-8-9-16(14(2)21)12-19(15)20(18)3/h4-12,14,21H,1-3H3/q+1. The lowest BCUT2D eigenvalue weighted by atomic mass is 10.0. The first-order chi connectivity index (χ1) is 10.1. The SMILES string of the molecule is Cc1ccccc1-c1ccc2ccc(C(C)O)cc2[n+]1C. The highest BCUT2D eigenvalue weighted by Gasteiger charge is 2.16.